The van der Waals surface area contributed by atoms with Crippen LogP contribution >= 0.6 is 0 Å². The van der Waals surface area contributed by atoms with E-state index in [0.717, 1.165) is 19.3 Å². The van der Waals surface area contributed by atoms with E-state index in [4.69, 9.17) is 4.74 Å². The van der Waals surface area contributed by atoms with Crippen LogP contribution in [0.3, 0.4) is 0 Å². The number of hydrogen-bond donors (Lipinski definition) is 4. The van der Waals surface area contributed by atoms with E-state index in [2.05, 4.69) is 13.8 Å². The van der Waals surface area contributed by atoms with Crippen molar-refractivity contribution in [1.82, 2.24) is 0 Å². The van der Waals surface area contributed by atoms with Crippen molar-refractivity contribution in [1.29, 1.82) is 0 Å². The van der Waals surface area contributed by atoms with Crippen LogP contribution in [-0.2, 0) is 14.3 Å². The lowest BCUT2D eigenvalue weighted by Gasteiger charge is -2.65. The first kappa shape index (κ1) is 21.2. The van der Waals surface area contributed by atoms with Gasteiger partial charge < -0.3 is 25.2 Å². The Morgan fingerprint density at radius 3 is 2.45 bits per heavy atom. The molecule has 10 atom stereocenters. The van der Waals surface area contributed by atoms with Crippen LogP contribution < -0.4 is 0 Å². The molecule has 4 saturated carbocycles. The zero-order valence-corrected chi connectivity index (χ0v) is 17.5. The van der Waals surface area contributed by atoms with Gasteiger partial charge in [-0.05, 0) is 42.9 Å². The Morgan fingerprint density at radius 2 is 1.83 bits per heavy atom. The molecule has 4 aliphatic rings. The third kappa shape index (κ3) is 2.57. The molecule has 1 spiro atoms. The number of Topliss-reactive ketones (excluding diaryl/α,β-unsaturated/α-hetero) is 1. The molecule has 0 aromatic heterocycles. The highest BCUT2D eigenvalue weighted by atomic mass is 16.5. The van der Waals surface area contributed by atoms with Gasteiger partial charge in [0.15, 0.2) is 0 Å². The van der Waals surface area contributed by atoms with Crippen LogP contribution in [0.4, 0.5) is 0 Å². The first-order valence-electron chi connectivity index (χ1n) is 10.9. The fourth-order valence-corrected chi connectivity index (χ4v) is 8.09. The van der Waals surface area contributed by atoms with Crippen molar-refractivity contribution < 1.29 is 34.8 Å². The lowest BCUT2D eigenvalue weighted by Crippen LogP contribution is -2.68. The number of aliphatic hydroxyl groups excluding tert-OH is 4. The van der Waals surface area contributed by atoms with Crippen LogP contribution in [0.15, 0.2) is 0 Å². The lowest BCUT2D eigenvalue weighted by atomic mass is 9.39. The zero-order valence-electron chi connectivity index (χ0n) is 17.5. The van der Waals surface area contributed by atoms with Crippen LogP contribution in [0.2, 0.25) is 0 Å². The Kier molecular flexibility index (Phi) is 4.93. The van der Waals surface area contributed by atoms with Crippen molar-refractivity contribution in [3.63, 3.8) is 0 Å². The van der Waals surface area contributed by atoms with Crippen LogP contribution in [0.25, 0.3) is 0 Å². The molecule has 0 heterocycles. The molecular formula is C22H34O7. The predicted molar refractivity (Wildman–Crippen MR) is 102 cm³/mol. The Bertz CT molecular complexity index is 709. The van der Waals surface area contributed by atoms with Crippen molar-refractivity contribution in [2.45, 2.75) is 71.2 Å². The van der Waals surface area contributed by atoms with E-state index in [1.165, 1.54) is 6.92 Å². The van der Waals surface area contributed by atoms with Gasteiger partial charge in [-0.1, -0.05) is 20.3 Å². The van der Waals surface area contributed by atoms with Crippen molar-refractivity contribution >= 4 is 11.8 Å². The Labute approximate surface area is 171 Å². The monoisotopic (exact) mass is 410 g/mol. The fourth-order valence-electron chi connectivity index (χ4n) is 8.09. The second-order valence-electron chi connectivity index (χ2n) is 10.6. The van der Waals surface area contributed by atoms with Gasteiger partial charge in [-0.25, -0.2) is 0 Å². The van der Waals surface area contributed by atoms with Gasteiger partial charge >= 0.3 is 5.97 Å². The smallest absolute Gasteiger partial charge is 0.302 e. The number of ketones is 1. The Balaban J connectivity index is 1.79. The van der Waals surface area contributed by atoms with Crippen LogP contribution in [0.5, 0.6) is 0 Å². The molecule has 0 aliphatic heterocycles. The quantitative estimate of drug-likeness (QED) is 0.504. The highest BCUT2D eigenvalue weighted by Crippen LogP contribution is 2.71. The molecule has 4 N–H and O–H groups in total. The molecule has 0 saturated heterocycles. The Hall–Kier alpha value is -1.02. The molecule has 0 radical (unpaired) electrons. The van der Waals surface area contributed by atoms with Crippen molar-refractivity contribution in [2.75, 3.05) is 13.2 Å². The van der Waals surface area contributed by atoms with Gasteiger partial charge in [-0.2, -0.15) is 0 Å². The fraction of sp³-hybridized carbons (Fsp3) is 0.909. The van der Waals surface area contributed by atoms with Gasteiger partial charge in [0.2, 0.25) is 0 Å². The summed E-state index contributed by atoms with van der Waals surface area (Å²) in [5, 5.41) is 43.2. The number of carbonyl (C=O) groups is 2. The molecule has 164 valence electrons. The average molecular weight is 411 g/mol. The Morgan fingerprint density at radius 1 is 1.14 bits per heavy atom. The summed E-state index contributed by atoms with van der Waals surface area (Å²) in [6, 6.07) is 0. The topological polar surface area (TPSA) is 124 Å². The molecule has 4 aliphatic carbocycles. The summed E-state index contributed by atoms with van der Waals surface area (Å²) in [5.74, 6) is -2.59. The van der Waals surface area contributed by atoms with Crippen LogP contribution in [0, 0.1) is 39.9 Å². The number of fused-ring (bicyclic) bond motifs is 3. The first-order chi connectivity index (χ1) is 13.5. The van der Waals surface area contributed by atoms with E-state index < -0.39 is 42.2 Å². The molecule has 0 aromatic rings. The van der Waals surface area contributed by atoms with E-state index in [0.29, 0.717) is 12.8 Å². The van der Waals surface area contributed by atoms with Gasteiger partial charge in [0.1, 0.15) is 5.78 Å². The third-order valence-electron chi connectivity index (χ3n) is 9.29. The molecule has 4 rings (SSSR count). The van der Waals surface area contributed by atoms with E-state index >= 15 is 0 Å². The molecule has 29 heavy (non-hydrogen) atoms. The van der Waals surface area contributed by atoms with Gasteiger partial charge in [-0.15, -0.1) is 0 Å². The molecular weight excluding hydrogens is 376 g/mol. The summed E-state index contributed by atoms with van der Waals surface area (Å²) >= 11 is 0. The molecule has 2 bridgehead atoms. The van der Waals surface area contributed by atoms with E-state index in [1.807, 2.05) is 0 Å². The number of hydrogen-bond acceptors (Lipinski definition) is 7. The molecule has 10 unspecified atom stereocenters. The van der Waals surface area contributed by atoms with Crippen LogP contribution in [-0.4, -0.2) is 63.7 Å². The second-order valence-corrected chi connectivity index (χ2v) is 10.6. The predicted octanol–water partition coefficient (Wildman–Crippen LogP) is 0.662. The summed E-state index contributed by atoms with van der Waals surface area (Å²) in [4.78, 5) is 24.9. The summed E-state index contributed by atoms with van der Waals surface area (Å²) < 4.78 is 5.39. The minimum absolute atomic E-state index is 0.00866. The normalized spacial score (nSPS) is 53.9. The molecule has 4 fully saturated rings. The molecule has 0 amide bonds. The number of ether oxygens (including phenoxy) is 1. The number of carbonyl (C=O) groups excluding carboxylic acids is 2. The molecule has 0 aromatic carbocycles. The van der Waals surface area contributed by atoms with Crippen LogP contribution in [0.1, 0.15) is 52.9 Å². The summed E-state index contributed by atoms with van der Waals surface area (Å²) in [6.45, 7) is 5.41. The first-order valence-corrected chi connectivity index (χ1v) is 10.9. The standard InChI is InChI=1S/C22H34O7/c1-11(24)29-10-20(2)5-4-6-21(3)14(20)8-16(26)22-15(21)7-13(25)17(19(22)28)12(9-23)18(22)27/h12-17,19,23,25-26,28H,4-10H2,1-3H3. The van der Waals surface area contributed by atoms with Crippen molar-refractivity contribution in [3.05, 3.63) is 0 Å². The maximum absolute atomic E-state index is 13.5. The highest BCUT2D eigenvalue weighted by Gasteiger charge is 2.76. The summed E-state index contributed by atoms with van der Waals surface area (Å²) in [5.41, 5.74) is -2.06. The van der Waals surface area contributed by atoms with E-state index in [9.17, 15) is 30.0 Å². The maximum Gasteiger partial charge on any atom is 0.302 e. The van der Waals surface area contributed by atoms with Crippen molar-refractivity contribution in [3.8, 4) is 0 Å². The average Bonchev–Trinajstić information content (AvgIpc) is 2.80. The second kappa shape index (κ2) is 6.74. The number of aliphatic hydroxyl groups is 4. The van der Waals surface area contributed by atoms with Gasteiger partial charge in [0.05, 0.1) is 36.9 Å². The highest BCUT2D eigenvalue weighted by molar-refractivity contribution is 5.92. The minimum atomic E-state index is -1.33. The number of esters is 1. The van der Waals surface area contributed by atoms with Gasteiger partial charge in [-0.3, -0.25) is 9.59 Å². The number of rotatable bonds is 3. The largest absolute Gasteiger partial charge is 0.465 e. The zero-order chi connectivity index (χ0) is 21.4. The van der Waals surface area contributed by atoms with Gasteiger partial charge in [0.25, 0.3) is 0 Å². The maximum atomic E-state index is 13.5. The van der Waals surface area contributed by atoms with E-state index in [1.54, 1.807) is 0 Å². The molecule has 7 nitrogen and oxygen atoms in total. The SMILES string of the molecule is CC(=O)OCC1(C)CCCC2(C)C1CC(O)C13C(=O)C(CO)C(C(O)CC21)C3O. The summed E-state index contributed by atoms with van der Waals surface area (Å²) in [6.07, 6.45) is 0.148. The van der Waals surface area contributed by atoms with E-state index in [-0.39, 0.29) is 41.0 Å². The van der Waals surface area contributed by atoms with Crippen molar-refractivity contribution in [2.24, 2.45) is 39.9 Å². The lowest BCUT2D eigenvalue weighted by molar-refractivity contribution is -0.244. The summed E-state index contributed by atoms with van der Waals surface area (Å²) in [7, 11) is 0. The minimum Gasteiger partial charge on any atom is -0.465 e. The third-order valence-corrected chi connectivity index (χ3v) is 9.29. The molecule has 7 heteroatoms. The van der Waals surface area contributed by atoms with Gasteiger partial charge in [0, 0.05) is 24.2 Å².